The van der Waals surface area contributed by atoms with Gasteiger partial charge in [-0.05, 0) is 37.3 Å². The quantitative estimate of drug-likeness (QED) is 0.631. The number of methoxy groups -OCH3 is 1. The van der Waals surface area contributed by atoms with Crippen molar-refractivity contribution >= 4 is 10.0 Å². The summed E-state index contributed by atoms with van der Waals surface area (Å²) in [6, 6.07) is 3.99. The molecule has 1 heterocycles. The highest BCUT2D eigenvalue weighted by Crippen LogP contribution is 2.19. The number of nitrogens with one attached hydrogen (secondary N) is 2. The summed E-state index contributed by atoms with van der Waals surface area (Å²) in [7, 11) is -1.87. The van der Waals surface area contributed by atoms with Crippen molar-refractivity contribution in [3.05, 3.63) is 23.9 Å². The minimum atomic E-state index is -3.51. The summed E-state index contributed by atoms with van der Waals surface area (Å²) in [5.74, 6) is 0. The maximum absolute atomic E-state index is 12.0. The Kier molecular flexibility index (Phi) is 6.10. The van der Waals surface area contributed by atoms with Crippen LogP contribution in [0.1, 0.15) is 31.2 Å². The van der Waals surface area contributed by atoms with Crippen molar-refractivity contribution in [3.63, 3.8) is 0 Å². The van der Waals surface area contributed by atoms with Gasteiger partial charge in [-0.25, -0.2) is 18.1 Å². The topological polar surface area (TPSA) is 80.3 Å². The average molecular weight is 313 g/mol. The van der Waals surface area contributed by atoms with Gasteiger partial charge in [0.15, 0.2) is 5.03 Å². The highest BCUT2D eigenvalue weighted by atomic mass is 32.2. The van der Waals surface area contributed by atoms with Crippen LogP contribution >= 0.6 is 0 Å². The molecule has 1 saturated carbocycles. The summed E-state index contributed by atoms with van der Waals surface area (Å²) < 4.78 is 31.5. The highest BCUT2D eigenvalue weighted by molar-refractivity contribution is 7.89. The largest absolute Gasteiger partial charge is 0.385 e. The lowest BCUT2D eigenvalue weighted by Crippen LogP contribution is -2.26. The molecule has 0 bridgehead atoms. The normalized spacial score (nSPS) is 15.3. The molecule has 0 saturated heterocycles. The van der Waals surface area contributed by atoms with Crippen LogP contribution in [0.4, 0.5) is 0 Å². The van der Waals surface area contributed by atoms with Gasteiger partial charge in [0.2, 0.25) is 0 Å². The molecule has 118 valence electrons. The lowest BCUT2D eigenvalue weighted by molar-refractivity contribution is 0.193. The first-order chi connectivity index (χ1) is 10.1. The van der Waals surface area contributed by atoms with E-state index in [1.807, 2.05) is 6.07 Å². The zero-order chi connectivity index (χ0) is 15.1. The molecule has 0 aromatic carbocycles. The lowest BCUT2D eigenvalue weighted by Gasteiger charge is -2.07. The van der Waals surface area contributed by atoms with E-state index in [0.29, 0.717) is 19.2 Å². The number of aromatic nitrogens is 1. The average Bonchev–Trinajstić information content (AvgIpc) is 3.29. The fourth-order valence-electron chi connectivity index (χ4n) is 1.88. The molecule has 1 aromatic heterocycles. The SMILES string of the molecule is COCCCCNS(=O)(=O)c1ccc(CNC2CC2)cn1. The van der Waals surface area contributed by atoms with Gasteiger partial charge in [-0.2, -0.15) is 0 Å². The molecular formula is C14H23N3O3S. The predicted octanol–water partition coefficient (Wildman–Crippen LogP) is 1.04. The lowest BCUT2D eigenvalue weighted by atomic mass is 10.3. The summed E-state index contributed by atoms with van der Waals surface area (Å²) in [4.78, 5) is 4.05. The molecule has 2 N–H and O–H groups in total. The molecule has 21 heavy (non-hydrogen) atoms. The first-order valence-electron chi connectivity index (χ1n) is 7.29. The van der Waals surface area contributed by atoms with Crippen LogP contribution in [0.25, 0.3) is 0 Å². The Morgan fingerprint density at radius 2 is 2.14 bits per heavy atom. The van der Waals surface area contributed by atoms with Crippen LogP contribution in [0.2, 0.25) is 0 Å². The second-order valence-electron chi connectivity index (χ2n) is 5.26. The third-order valence-electron chi connectivity index (χ3n) is 3.31. The molecule has 0 spiro atoms. The van der Waals surface area contributed by atoms with Crippen LogP contribution in [0.3, 0.4) is 0 Å². The second kappa shape index (κ2) is 7.84. The van der Waals surface area contributed by atoms with Gasteiger partial charge in [0.25, 0.3) is 10.0 Å². The van der Waals surface area contributed by atoms with E-state index >= 15 is 0 Å². The van der Waals surface area contributed by atoms with Crippen LogP contribution in [-0.4, -0.2) is 39.7 Å². The molecule has 0 atom stereocenters. The number of ether oxygens (including phenoxy) is 1. The summed E-state index contributed by atoms with van der Waals surface area (Å²) in [5, 5.41) is 3.44. The number of sulfonamides is 1. The minimum absolute atomic E-state index is 0.0735. The fourth-order valence-corrected chi connectivity index (χ4v) is 2.88. The predicted molar refractivity (Wildman–Crippen MR) is 80.4 cm³/mol. The van der Waals surface area contributed by atoms with E-state index in [9.17, 15) is 8.42 Å². The van der Waals surface area contributed by atoms with Crippen molar-refractivity contribution in [2.75, 3.05) is 20.3 Å². The summed E-state index contributed by atoms with van der Waals surface area (Å²) in [6.45, 7) is 1.78. The van der Waals surface area contributed by atoms with Crippen molar-refractivity contribution in [3.8, 4) is 0 Å². The molecule has 1 fully saturated rings. The van der Waals surface area contributed by atoms with Gasteiger partial charge in [0.05, 0.1) is 0 Å². The number of nitrogens with zero attached hydrogens (tertiary/aromatic N) is 1. The van der Waals surface area contributed by atoms with Gasteiger partial charge >= 0.3 is 0 Å². The van der Waals surface area contributed by atoms with Gasteiger partial charge in [0, 0.05) is 39.0 Å². The van der Waals surface area contributed by atoms with Crippen LogP contribution in [0.5, 0.6) is 0 Å². The molecule has 1 aromatic rings. The minimum Gasteiger partial charge on any atom is -0.385 e. The zero-order valence-electron chi connectivity index (χ0n) is 12.3. The summed E-state index contributed by atoms with van der Waals surface area (Å²) >= 11 is 0. The van der Waals surface area contributed by atoms with E-state index in [0.717, 1.165) is 24.9 Å². The van der Waals surface area contributed by atoms with E-state index in [4.69, 9.17) is 4.74 Å². The Hall–Kier alpha value is -1.02. The van der Waals surface area contributed by atoms with Gasteiger partial charge in [0.1, 0.15) is 0 Å². The number of pyridine rings is 1. The standard InChI is InChI=1S/C14H23N3O3S/c1-20-9-3-2-8-17-21(18,19)14-7-4-12(11-16-14)10-15-13-5-6-13/h4,7,11,13,15,17H,2-3,5-6,8-10H2,1H3. The van der Waals surface area contributed by atoms with E-state index < -0.39 is 10.0 Å². The zero-order valence-corrected chi connectivity index (χ0v) is 13.2. The highest BCUT2D eigenvalue weighted by Gasteiger charge is 2.20. The Bertz CT molecular complexity index is 527. The number of hydrogen-bond acceptors (Lipinski definition) is 5. The maximum Gasteiger partial charge on any atom is 0.258 e. The molecular weight excluding hydrogens is 290 g/mol. The summed E-state index contributed by atoms with van der Waals surface area (Å²) in [6.07, 6.45) is 5.66. The van der Waals surface area contributed by atoms with Crippen molar-refractivity contribution in [2.24, 2.45) is 0 Å². The Balaban J connectivity index is 1.80. The maximum atomic E-state index is 12.0. The molecule has 0 radical (unpaired) electrons. The van der Waals surface area contributed by atoms with Crippen LogP contribution in [0, 0.1) is 0 Å². The van der Waals surface area contributed by atoms with E-state index in [2.05, 4.69) is 15.0 Å². The molecule has 6 nitrogen and oxygen atoms in total. The van der Waals surface area contributed by atoms with E-state index in [1.54, 1.807) is 19.4 Å². The van der Waals surface area contributed by atoms with Gasteiger partial charge in [-0.1, -0.05) is 6.07 Å². The fraction of sp³-hybridized carbons (Fsp3) is 0.643. The van der Waals surface area contributed by atoms with Crippen molar-refractivity contribution < 1.29 is 13.2 Å². The monoisotopic (exact) mass is 313 g/mol. The van der Waals surface area contributed by atoms with Crippen LogP contribution in [0.15, 0.2) is 23.4 Å². The Labute approximate surface area is 126 Å². The van der Waals surface area contributed by atoms with Gasteiger partial charge < -0.3 is 10.1 Å². The Morgan fingerprint density at radius 1 is 1.33 bits per heavy atom. The third kappa shape index (κ3) is 5.70. The van der Waals surface area contributed by atoms with Gasteiger partial charge in [-0.3, -0.25) is 0 Å². The van der Waals surface area contributed by atoms with Crippen molar-refractivity contribution in [2.45, 2.75) is 43.3 Å². The van der Waals surface area contributed by atoms with Crippen molar-refractivity contribution in [1.29, 1.82) is 0 Å². The smallest absolute Gasteiger partial charge is 0.258 e. The van der Waals surface area contributed by atoms with E-state index in [-0.39, 0.29) is 5.03 Å². The molecule has 0 aliphatic heterocycles. The van der Waals surface area contributed by atoms with Crippen LogP contribution in [-0.2, 0) is 21.3 Å². The first kappa shape index (κ1) is 16.4. The molecule has 7 heteroatoms. The molecule has 1 aliphatic rings. The second-order valence-corrected chi connectivity index (χ2v) is 6.97. The molecule has 0 unspecified atom stereocenters. The number of hydrogen-bond donors (Lipinski definition) is 2. The first-order valence-corrected chi connectivity index (χ1v) is 8.77. The summed E-state index contributed by atoms with van der Waals surface area (Å²) in [5.41, 5.74) is 1.00. The Morgan fingerprint density at radius 3 is 2.76 bits per heavy atom. The third-order valence-corrected chi connectivity index (χ3v) is 4.69. The van der Waals surface area contributed by atoms with E-state index in [1.165, 1.54) is 12.8 Å². The number of rotatable bonds is 10. The molecule has 2 rings (SSSR count). The molecule has 0 amide bonds. The van der Waals surface area contributed by atoms with Gasteiger partial charge in [-0.15, -0.1) is 0 Å². The molecule has 1 aliphatic carbocycles. The number of unbranched alkanes of at least 4 members (excludes halogenated alkanes) is 1. The van der Waals surface area contributed by atoms with Crippen molar-refractivity contribution in [1.82, 2.24) is 15.0 Å². The van der Waals surface area contributed by atoms with Crippen LogP contribution < -0.4 is 10.0 Å².